The second kappa shape index (κ2) is 8.37. The maximum atomic E-state index is 12.8. The summed E-state index contributed by atoms with van der Waals surface area (Å²) < 4.78 is 6.94. The number of fused-ring (bicyclic) bond motifs is 1. The van der Waals surface area contributed by atoms with E-state index in [0.717, 1.165) is 5.56 Å². The van der Waals surface area contributed by atoms with Crippen molar-refractivity contribution in [2.45, 2.75) is 23.9 Å². The molecule has 2 aromatic heterocycles. The maximum absolute atomic E-state index is 12.8. The fraction of sp³-hybridized carbons (Fsp3) is 0.200. The number of hydrogen-bond acceptors (Lipinski definition) is 7. The summed E-state index contributed by atoms with van der Waals surface area (Å²) in [5.41, 5.74) is 1.41. The Labute approximate surface area is 165 Å². The van der Waals surface area contributed by atoms with E-state index in [-0.39, 0.29) is 12.2 Å². The van der Waals surface area contributed by atoms with Gasteiger partial charge in [-0.05, 0) is 18.6 Å². The Kier molecular flexibility index (Phi) is 5.50. The van der Waals surface area contributed by atoms with Gasteiger partial charge in [-0.25, -0.2) is 4.98 Å². The van der Waals surface area contributed by atoms with Gasteiger partial charge in [0, 0.05) is 18.7 Å². The van der Waals surface area contributed by atoms with E-state index >= 15 is 0 Å². The van der Waals surface area contributed by atoms with Crippen LogP contribution in [0.4, 0.5) is 0 Å². The van der Waals surface area contributed by atoms with Crippen molar-refractivity contribution in [3.63, 3.8) is 0 Å². The van der Waals surface area contributed by atoms with E-state index < -0.39 is 0 Å². The molecule has 0 saturated carbocycles. The number of nitrogens with zero attached hydrogens (tertiary/aromatic N) is 4. The minimum atomic E-state index is -0.114. The van der Waals surface area contributed by atoms with Gasteiger partial charge in [0.15, 0.2) is 5.16 Å². The van der Waals surface area contributed by atoms with Crippen LogP contribution in [-0.2, 0) is 12.3 Å². The Balaban J connectivity index is 1.60. The zero-order valence-corrected chi connectivity index (χ0v) is 15.8. The molecule has 142 valence electrons. The summed E-state index contributed by atoms with van der Waals surface area (Å²) >= 11 is 1.36. The van der Waals surface area contributed by atoms with Gasteiger partial charge >= 0.3 is 0 Å². The Morgan fingerprint density at radius 2 is 1.82 bits per heavy atom. The SMILES string of the molecule is O=c1c2ccccc2nc(SCc2nc(-c3ccccc3)no2)n1CCCO. The van der Waals surface area contributed by atoms with Crippen LogP contribution < -0.4 is 5.56 Å². The Morgan fingerprint density at radius 1 is 1.04 bits per heavy atom. The largest absolute Gasteiger partial charge is 0.396 e. The topological polar surface area (TPSA) is 94.0 Å². The molecule has 28 heavy (non-hydrogen) atoms. The number of aliphatic hydroxyl groups is 1. The molecule has 0 radical (unpaired) electrons. The van der Waals surface area contributed by atoms with Crippen LogP contribution in [0.15, 0.2) is 69.1 Å². The molecule has 7 nitrogen and oxygen atoms in total. The highest BCUT2D eigenvalue weighted by molar-refractivity contribution is 7.98. The Hall–Kier alpha value is -2.97. The summed E-state index contributed by atoms with van der Waals surface area (Å²) in [5, 5.41) is 14.3. The molecule has 0 unspecified atom stereocenters. The van der Waals surface area contributed by atoms with Crippen LogP contribution in [0.2, 0.25) is 0 Å². The first-order valence-electron chi connectivity index (χ1n) is 8.87. The van der Waals surface area contributed by atoms with Crippen LogP contribution in [0.3, 0.4) is 0 Å². The van der Waals surface area contributed by atoms with Crippen molar-refractivity contribution in [3.8, 4) is 11.4 Å². The van der Waals surface area contributed by atoms with Crippen molar-refractivity contribution in [2.75, 3.05) is 6.61 Å². The van der Waals surface area contributed by atoms with Crippen molar-refractivity contribution >= 4 is 22.7 Å². The minimum absolute atomic E-state index is 0.00741. The van der Waals surface area contributed by atoms with Gasteiger partial charge in [0.05, 0.1) is 16.7 Å². The molecule has 0 fully saturated rings. The second-order valence-electron chi connectivity index (χ2n) is 6.11. The fourth-order valence-corrected chi connectivity index (χ4v) is 3.69. The molecule has 0 saturated heterocycles. The minimum Gasteiger partial charge on any atom is -0.396 e. The third kappa shape index (κ3) is 3.83. The smallest absolute Gasteiger partial charge is 0.262 e. The first-order chi connectivity index (χ1) is 13.8. The zero-order valence-electron chi connectivity index (χ0n) is 15.0. The Bertz CT molecular complexity index is 1140. The molecule has 0 amide bonds. The summed E-state index contributed by atoms with van der Waals surface area (Å²) in [6.07, 6.45) is 0.478. The van der Waals surface area contributed by atoms with E-state index in [1.807, 2.05) is 48.5 Å². The summed E-state index contributed by atoms with van der Waals surface area (Å²) in [6.45, 7) is 0.405. The van der Waals surface area contributed by atoms with Crippen LogP contribution in [0.1, 0.15) is 12.3 Å². The highest BCUT2D eigenvalue weighted by Gasteiger charge is 2.14. The van der Waals surface area contributed by atoms with Crippen molar-refractivity contribution in [3.05, 3.63) is 70.8 Å². The lowest BCUT2D eigenvalue weighted by molar-refractivity contribution is 0.276. The average molecular weight is 394 g/mol. The van der Waals surface area contributed by atoms with E-state index in [1.54, 1.807) is 10.6 Å². The van der Waals surface area contributed by atoms with Gasteiger partial charge < -0.3 is 9.63 Å². The van der Waals surface area contributed by atoms with E-state index in [9.17, 15) is 4.79 Å². The molecule has 0 aliphatic rings. The lowest BCUT2D eigenvalue weighted by atomic mass is 10.2. The number of aromatic nitrogens is 4. The summed E-state index contributed by atoms with van der Waals surface area (Å²) in [5.74, 6) is 1.38. The predicted octanol–water partition coefficient (Wildman–Crippen LogP) is 3.12. The molecule has 0 atom stereocenters. The van der Waals surface area contributed by atoms with E-state index in [4.69, 9.17) is 9.63 Å². The van der Waals surface area contributed by atoms with Gasteiger partial charge in [0.2, 0.25) is 11.7 Å². The molecular weight excluding hydrogens is 376 g/mol. The lowest BCUT2D eigenvalue weighted by Gasteiger charge is -2.11. The molecule has 8 heteroatoms. The van der Waals surface area contributed by atoms with Crippen molar-refractivity contribution in [1.29, 1.82) is 0 Å². The van der Waals surface area contributed by atoms with Gasteiger partial charge in [0.25, 0.3) is 5.56 Å². The third-order valence-electron chi connectivity index (χ3n) is 4.19. The molecule has 4 aromatic rings. The number of para-hydroxylation sites is 1. The van der Waals surface area contributed by atoms with Crippen molar-refractivity contribution < 1.29 is 9.63 Å². The number of benzene rings is 2. The standard InChI is InChI=1S/C20H18N4O3S/c25-12-6-11-24-19(26)15-9-4-5-10-16(15)21-20(24)28-13-17-22-18(23-27-17)14-7-2-1-3-8-14/h1-5,7-10,25H,6,11-13H2. The highest BCUT2D eigenvalue weighted by Crippen LogP contribution is 2.23. The summed E-state index contributed by atoms with van der Waals surface area (Å²) in [6, 6.07) is 16.8. The van der Waals surface area contributed by atoms with Crippen molar-refractivity contribution in [1.82, 2.24) is 19.7 Å². The number of hydrogen-bond donors (Lipinski definition) is 1. The molecule has 2 aromatic carbocycles. The summed E-state index contributed by atoms with van der Waals surface area (Å²) in [7, 11) is 0. The van der Waals surface area contributed by atoms with Crippen LogP contribution in [0, 0.1) is 0 Å². The Morgan fingerprint density at radius 3 is 2.64 bits per heavy atom. The number of rotatable bonds is 7. The monoisotopic (exact) mass is 394 g/mol. The summed E-state index contributed by atoms with van der Waals surface area (Å²) in [4.78, 5) is 21.9. The number of aliphatic hydroxyl groups excluding tert-OH is 1. The van der Waals surface area contributed by atoms with Gasteiger partial charge in [-0.2, -0.15) is 4.98 Å². The molecule has 2 heterocycles. The van der Waals surface area contributed by atoms with Crippen LogP contribution in [0.5, 0.6) is 0 Å². The van der Waals surface area contributed by atoms with E-state index in [0.29, 0.717) is 46.5 Å². The maximum Gasteiger partial charge on any atom is 0.262 e. The van der Waals surface area contributed by atoms with Gasteiger partial charge in [-0.3, -0.25) is 9.36 Å². The predicted molar refractivity (Wildman–Crippen MR) is 107 cm³/mol. The van der Waals surface area contributed by atoms with Gasteiger partial charge in [-0.15, -0.1) is 0 Å². The molecular formula is C20H18N4O3S. The van der Waals surface area contributed by atoms with Crippen LogP contribution >= 0.6 is 11.8 Å². The van der Waals surface area contributed by atoms with Crippen molar-refractivity contribution in [2.24, 2.45) is 0 Å². The molecule has 0 spiro atoms. The second-order valence-corrected chi connectivity index (χ2v) is 7.05. The highest BCUT2D eigenvalue weighted by atomic mass is 32.2. The molecule has 0 aliphatic heterocycles. The van der Waals surface area contributed by atoms with Gasteiger partial charge in [-0.1, -0.05) is 59.4 Å². The number of thioether (sulfide) groups is 1. The first-order valence-corrected chi connectivity index (χ1v) is 9.86. The first kappa shape index (κ1) is 18.4. The molecule has 0 aliphatic carbocycles. The fourth-order valence-electron chi connectivity index (χ4n) is 2.83. The quantitative estimate of drug-likeness (QED) is 0.380. The lowest BCUT2D eigenvalue weighted by Crippen LogP contribution is -2.24. The third-order valence-corrected chi connectivity index (χ3v) is 5.15. The van der Waals surface area contributed by atoms with E-state index in [2.05, 4.69) is 15.1 Å². The zero-order chi connectivity index (χ0) is 19.3. The van der Waals surface area contributed by atoms with Crippen LogP contribution in [0.25, 0.3) is 22.3 Å². The van der Waals surface area contributed by atoms with E-state index in [1.165, 1.54) is 11.8 Å². The molecule has 0 bridgehead atoms. The molecule has 1 N–H and O–H groups in total. The molecule has 4 rings (SSSR count). The van der Waals surface area contributed by atoms with Gasteiger partial charge in [0.1, 0.15) is 0 Å². The van der Waals surface area contributed by atoms with Crippen LogP contribution in [-0.4, -0.2) is 31.4 Å². The average Bonchev–Trinajstić information content (AvgIpc) is 3.21. The normalized spacial score (nSPS) is 11.2.